The molecule has 1 aromatic rings. The Balaban J connectivity index is 2.03. The van der Waals surface area contributed by atoms with Crippen molar-refractivity contribution in [1.82, 2.24) is 5.32 Å². The van der Waals surface area contributed by atoms with Crippen LogP contribution < -0.4 is 10.2 Å². The van der Waals surface area contributed by atoms with E-state index in [1.165, 1.54) is 11.3 Å². The molecule has 2 rings (SSSR count). The van der Waals surface area contributed by atoms with Crippen LogP contribution in [0.15, 0.2) is 22.7 Å². The fourth-order valence-electron chi connectivity index (χ4n) is 2.09. The van der Waals surface area contributed by atoms with E-state index < -0.39 is 10.8 Å². The normalized spacial score (nSPS) is 17.2. The molecule has 0 radical (unpaired) electrons. The zero-order chi connectivity index (χ0) is 13.8. The third-order valence-electron chi connectivity index (χ3n) is 3.28. The maximum atomic E-state index is 11.4. The number of nitrogens with one attached hydrogen (secondary N) is 1. The smallest absolute Gasteiger partial charge is 0.0411 e. The van der Waals surface area contributed by atoms with Crippen molar-refractivity contribution in [3.8, 4) is 0 Å². The van der Waals surface area contributed by atoms with Gasteiger partial charge in [-0.3, -0.25) is 4.21 Å². The number of benzene rings is 1. The summed E-state index contributed by atoms with van der Waals surface area (Å²) < 4.78 is 12.5. The van der Waals surface area contributed by atoms with Gasteiger partial charge < -0.3 is 10.2 Å². The van der Waals surface area contributed by atoms with Crippen LogP contribution in [-0.2, 0) is 17.3 Å². The summed E-state index contributed by atoms with van der Waals surface area (Å²) in [7, 11) is -0.616. The Morgan fingerprint density at radius 1 is 1.37 bits per heavy atom. The number of halogens is 1. The monoisotopic (exact) mass is 344 g/mol. The minimum Gasteiger partial charge on any atom is -0.370 e. The molecule has 1 fully saturated rings. The van der Waals surface area contributed by atoms with Crippen molar-refractivity contribution in [2.75, 3.05) is 29.5 Å². The average Bonchev–Trinajstić information content (AvgIpc) is 2.38. The Morgan fingerprint density at radius 2 is 2.05 bits per heavy atom. The first-order chi connectivity index (χ1) is 9.06. The molecule has 1 aliphatic rings. The van der Waals surface area contributed by atoms with Crippen molar-refractivity contribution in [3.63, 3.8) is 0 Å². The molecule has 0 aromatic heterocycles. The van der Waals surface area contributed by atoms with Crippen LogP contribution in [0.2, 0.25) is 0 Å². The maximum absolute atomic E-state index is 11.4. The lowest BCUT2D eigenvalue weighted by atomic mass is 10.2. The van der Waals surface area contributed by atoms with E-state index in [1.807, 2.05) is 0 Å². The standard InChI is InChI=1S/C14H21BrN2OS/c1-11(2)16-10-12-3-4-13(9-14(12)15)17-5-7-19(18)8-6-17/h3-4,9,11,16H,5-8,10H2,1-2H3. The second-order valence-corrected chi connectivity index (χ2v) is 7.70. The summed E-state index contributed by atoms with van der Waals surface area (Å²) in [5.74, 6) is 1.57. The van der Waals surface area contributed by atoms with Gasteiger partial charge in [0.2, 0.25) is 0 Å². The van der Waals surface area contributed by atoms with Crippen LogP contribution in [0.1, 0.15) is 19.4 Å². The first-order valence-electron chi connectivity index (χ1n) is 6.68. The van der Waals surface area contributed by atoms with E-state index in [1.54, 1.807) is 0 Å². The Labute approximate surface area is 126 Å². The van der Waals surface area contributed by atoms with Gasteiger partial charge in [0.05, 0.1) is 0 Å². The van der Waals surface area contributed by atoms with Crippen molar-refractivity contribution in [2.24, 2.45) is 0 Å². The van der Waals surface area contributed by atoms with Crippen LogP contribution >= 0.6 is 15.9 Å². The molecule has 0 unspecified atom stereocenters. The quantitative estimate of drug-likeness (QED) is 0.910. The Kier molecular flexibility index (Phi) is 5.42. The maximum Gasteiger partial charge on any atom is 0.0411 e. The van der Waals surface area contributed by atoms with Gasteiger partial charge in [0.15, 0.2) is 0 Å². The SMILES string of the molecule is CC(C)NCc1ccc(N2CCS(=O)CC2)cc1Br. The molecule has 3 nitrogen and oxygen atoms in total. The summed E-state index contributed by atoms with van der Waals surface area (Å²) in [5, 5.41) is 3.42. The zero-order valence-electron chi connectivity index (χ0n) is 11.5. The molecule has 0 bridgehead atoms. The summed E-state index contributed by atoms with van der Waals surface area (Å²) >= 11 is 3.65. The molecule has 0 aliphatic carbocycles. The van der Waals surface area contributed by atoms with Crippen molar-refractivity contribution < 1.29 is 4.21 Å². The van der Waals surface area contributed by atoms with Crippen LogP contribution in [0.5, 0.6) is 0 Å². The molecular weight excluding hydrogens is 324 g/mol. The van der Waals surface area contributed by atoms with Crippen LogP contribution in [0.25, 0.3) is 0 Å². The van der Waals surface area contributed by atoms with E-state index in [-0.39, 0.29) is 0 Å². The summed E-state index contributed by atoms with van der Waals surface area (Å²) in [5.41, 5.74) is 2.50. The molecule has 5 heteroatoms. The molecule has 0 spiro atoms. The lowest BCUT2D eigenvalue weighted by molar-refractivity contribution is 0.588. The predicted molar refractivity (Wildman–Crippen MR) is 86.2 cm³/mol. The van der Waals surface area contributed by atoms with Crippen molar-refractivity contribution in [1.29, 1.82) is 0 Å². The molecule has 1 heterocycles. The van der Waals surface area contributed by atoms with Crippen LogP contribution in [0.3, 0.4) is 0 Å². The number of anilines is 1. The fourth-order valence-corrected chi connectivity index (χ4v) is 3.65. The largest absolute Gasteiger partial charge is 0.370 e. The summed E-state index contributed by atoms with van der Waals surface area (Å²) in [4.78, 5) is 2.31. The lowest BCUT2D eigenvalue weighted by Gasteiger charge is -2.28. The first-order valence-corrected chi connectivity index (χ1v) is 8.96. The van der Waals surface area contributed by atoms with Crippen molar-refractivity contribution >= 4 is 32.4 Å². The molecule has 1 N–H and O–H groups in total. The van der Waals surface area contributed by atoms with Crippen molar-refractivity contribution in [3.05, 3.63) is 28.2 Å². The Morgan fingerprint density at radius 3 is 2.63 bits per heavy atom. The topological polar surface area (TPSA) is 32.3 Å². The molecule has 19 heavy (non-hydrogen) atoms. The molecular formula is C14H21BrN2OS. The third-order valence-corrected chi connectivity index (χ3v) is 5.29. The Bertz CT molecular complexity index is 455. The van der Waals surface area contributed by atoms with E-state index in [0.717, 1.165) is 35.6 Å². The van der Waals surface area contributed by atoms with E-state index >= 15 is 0 Å². The fraction of sp³-hybridized carbons (Fsp3) is 0.571. The molecule has 0 amide bonds. The highest BCUT2D eigenvalue weighted by Crippen LogP contribution is 2.25. The van der Waals surface area contributed by atoms with E-state index in [4.69, 9.17) is 0 Å². The molecule has 0 saturated carbocycles. The molecule has 1 saturated heterocycles. The molecule has 1 aromatic carbocycles. The van der Waals surface area contributed by atoms with Crippen LogP contribution in [0, 0.1) is 0 Å². The van der Waals surface area contributed by atoms with Gasteiger partial charge in [0.25, 0.3) is 0 Å². The summed E-state index contributed by atoms with van der Waals surface area (Å²) in [6.07, 6.45) is 0. The summed E-state index contributed by atoms with van der Waals surface area (Å²) in [6, 6.07) is 6.99. The second-order valence-electron chi connectivity index (χ2n) is 5.15. The third kappa shape index (κ3) is 4.29. The Hall–Kier alpha value is -0.390. The minimum absolute atomic E-state index is 0.489. The van der Waals surface area contributed by atoms with Crippen molar-refractivity contribution in [2.45, 2.75) is 26.4 Å². The number of hydrogen-bond acceptors (Lipinski definition) is 3. The van der Waals surface area contributed by atoms with Gasteiger partial charge in [-0.05, 0) is 17.7 Å². The highest BCUT2D eigenvalue weighted by molar-refractivity contribution is 9.10. The minimum atomic E-state index is -0.616. The van der Waals surface area contributed by atoms with Gasteiger partial charge in [0.1, 0.15) is 0 Å². The van der Waals surface area contributed by atoms with Gasteiger partial charge in [-0.25, -0.2) is 0 Å². The van der Waals surface area contributed by atoms with E-state index in [0.29, 0.717) is 6.04 Å². The van der Waals surface area contributed by atoms with Crippen LogP contribution in [0.4, 0.5) is 5.69 Å². The number of rotatable bonds is 4. The first kappa shape index (κ1) is 15.0. The lowest BCUT2D eigenvalue weighted by Crippen LogP contribution is -2.37. The molecule has 1 aliphatic heterocycles. The number of hydrogen-bond donors (Lipinski definition) is 1. The van der Waals surface area contributed by atoms with Gasteiger partial charge >= 0.3 is 0 Å². The van der Waals surface area contributed by atoms with E-state index in [2.05, 4.69) is 58.2 Å². The highest BCUT2D eigenvalue weighted by Gasteiger charge is 2.16. The van der Waals surface area contributed by atoms with Gasteiger partial charge in [-0.2, -0.15) is 0 Å². The molecule has 0 atom stereocenters. The summed E-state index contributed by atoms with van der Waals surface area (Å²) in [6.45, 7) is 6.96. The van der Waals surface area contributed by atoms with Gasteiger partial charge in [-0.15, -0.1) is 0 Å². The van der Waals surface area contributed by atoms with Crippen LogP contribution in [-0.4, -0.2) is 34.8 Å². The predicted octanol–water partition coefficient (Wildman–Crippen LogP) is 2.52. The van der Waals surface area contributed by atoms with E-state index in [9.17, 15) is 4.21 Å². The number of nitrogens with zero attached hydrogens (tertiary/aromatic N) is 1. The van der Waals surface area contributed by atoms with Gasteiger partial charge in [0, 0.05) is 58.1 Å². The zero-order valence-corrected chi connectivity index (χ0v) is 13.9. The highest BCUT2D eigenvalue weighted by atomic mass is 79.9. The molecule has 106 valence electrons. The van der Waals surface area contributed by atoms with Gasteiger partial charge in [-0.1, -0.05) is 35.8 Å². The second kappa shape index (κ2) is 6.86. The average molecular weight is 345 g/mol.